The maximum Gasteiger partial charge on any atom is 0.150 e. The second-order valence-corrected chi connectivity index (χ2v) is 6.76. The third-order valence-electron chi connectivity index (χ3n) is 2.78. The standard InChI is InChI=1S/C10H20N2O2S/c1-8(2)5-10(12-11)6-9-3-4-15(13,14)7-9/h9-10,12H,1,3-7,11H2,2H3. The minimum absolute atomic E-state index is 0.154. The van der Waals surface area contributed by atoms with Crippen molar-refractivity contribution in [1.82, 2.24) is 5.43 Å². The van der Waals surface area contributed by atoms with Gasteiger partial charge in [-0.25, -0.2) is 8.42 Å². The lowest BCUT2D eigenvalue weighted by atomic mass is 9.96. The van der Waals surface area contributed by atoms with Crippen LogP contribution in [0.3, 0.4) is 0 Å². The Morgan fingerprint density at radius 1 is 1.67 bits per heavy atom. The van der Waals surface area contributed by atoms with Crippen LogP contribution < -0.4 is 11.3 Å². The van der Waals surface area contributed by atoms with Crippen molar-refractivity contribution in [3.05, 3.63) is 12.2 Å². The van der Waals surface area contributed by atoms with E-state index >= 15 is 0 Å². The van der Waals surface area contributed by atoms with Crippen LogP contribution in [0, 0.1) is 5.92 Å². The van der Waals surface area contributed by atoms with Crippen LogP contribution in [-0.4, -0.2) is 26.0 Å². The molecule has 2 unspecified atom stereocenters. The third kappa shape index (κ3) is 4.32. The van der Waals surface area contributed by atoms with Crippen LogP contribution >= 0.6 is 0 Å². The summed E-state index contributed by atoms with van der Waals surface area (Å²) in [6.07, 6.45) is 2.41. The minimum Gasteiger partial charge on any atom is -0.271 e. The fourth-order valence-electron chi connectivity index (χ4n) is 2.09. The van der Waals surface area contributed by atoms with Gasteiger partial charge in [-0.3, -0.25) is 11.3 Å². The van der Waals surface area contributed by atoms with Gasteiger partial charge < -0.3 is 0 Å². The van der Waals surface area contributed by atoms with E-state index in [9.17, 15) is 8.42 Å². The lowest BCUT2D eigenvalue weighted by molar-refractivity contribution is 0.408. The molecular weight excluding hydrogens is 212 g/mol. The molecular formula is C10H20N2O2S. The van der Waals surface area contributed by atoms with Gasteiger partial charge in [0.05, 0.1) is 11.5 Å². The largest absolute Gasteiger partial charge is 0.271 e. The van der Waals surface area contributed by atoms with Crippen molar-refractivity contribution in [2.75, 3.05) is 11.5 Å². The van der Waals surface area contributed by atoms with Crippen LogP contribution in [0.5, 0.6) is 0 Å². The summed E-state index contributed by atoms with van der Waals surface area (Å²) in [6.45, 7) is 5.79. The van der Waals surface area contributed by atoms with E-state index in [2.05, 4.69) is 12.0 Å². The molecule has 1 heterocycles. The first-order valence-electron chi connectivity index (χ1n) is 5.24. The fraction of sp³-hybridized carbons (Fsp3) is 0.800. The van der Waals surface area contributed by atoms with Crippen molar-refractivity contribution in [2.24, 2.45) is 11.8 Å². The fourth-order valence-corrected chi connectivity index (χ4v) is 3.97. The summed E-state index contributed by atoms with van der Waals surface area (Å²) in [5.41, 5.74) is 3.80. The number of nitrogens with two attached hydrogens (primary N) is 1. The number of hydrazine groups is 1. The highest BCUT2D eigenvalue weighted by molar-refractivity contribution is 7.91. The van der Waals surface area contributed by atoms with E-state index in [4.69, 9.17) is 5.84 Å². The predicted molar refractivity (Wildman–Crippen MR) is 61.9 cm³/mol. The van der Waals surface area contributed by atoms with Crippen molar-refractivity contribution in [1.29, 1.82) is 0 Å². The molecule has 3 N–H and O–H groups in total. The molecule has 0 bridgehead atoms. The van der Waals surface area contributed by atoms with Gasteiger partial charge in [-0.15, -0.1) is 6.58 Å². The highest BCUT2D eigenvalue weighted by atomic mass is 32.2. The summed E-state index contributed by atoms with van der Waals surface area (Å²) in [6, 6.07) is 0.154. The molecule has 0 aliphatic carbocycles. The smallest absolute Gasteiger partial charge is 0.150 e. The van der Waals surface area contributed by atoms with E-state index in [-0.39, 0.29) is 12.0 Å². The van der Waals surface area contributed by atoms with Crippen molar-refractivity contribution >= 4 is 9.84 Å². The molecule has 4 nitrogen and oxygen atoms in total. The molecule has 0 radical (unpaired) electrons. The quantitative estimate of drug-likeness (QED) is 0.414. The Kier molecular flexibility index (Phi) is 4.31. The Morgan fingerprint density at radius 2 is 2.33 bits per heavy atom. The molecule has 0 aromatic heterocycles. The van der Waals surface area contributed by atoms with Crippen LogP contribution in [0.15, 0.2) is 12.2 Å². The van der Waals surface area contributed by atoms with Crippen molar-refractivity contribution in [3.63, 3.8) is 0 Å². The van der Waals surface area contributed by atoms with E-state index < -0.39 is 9.84 Å². The van der Waals surface area contributed by atoms with Crippen LogP contribution in [-0.2, 0) is 9.84 Å². The predicted octanol–water partition coefficient (Wildman–Crippen LogP) is 0.609. The number of sulfone groups is 1. The number of hydrogen-bond donors (Lipinski definition) is 2. The molecule has 0 aromatic carbocycles. The molecule has 5 heteroatoms. The zero-order valence-corrected chi connectivity index (χ0v) is 10.0. The Balaban J connectivity index is 2.43. The van der Waals surface area contributed by atoms with Gasteiger partial charge >= 0.3 is 0 Å². The summed E-state index contributed by atoms with van der Waals surface area (Å²) in [7, 11) is -2.77. The van der Waals surface area contributed by atoms with Crippen LogP contribution in [0.2, 0.25) is 0 Å². The third-order valence-corrected chi connectivity index (χ3v) is 4.61. The van der Waals surface area contributed by atoms with Gasteiger partial charge in [0, 0.05) is 6.04 Å². The summed E-state index contributed by atoms with van der Waals surface area (Å²) >= 11 is 0. The maximum absolute atomic E-state index is 11.3. The summed E-state index contributed by atoms with van der Waals surface area (Å²) in [4.78, 5) is 0. The molecule has 1 fully saturated rings. The molecule has 0 spiro atoms. The molecule has 1 aliphatic heterocycles. The summed E-state index contributed by atoms with van der Waals surface area (Å²) in [5.74, 6) is 6.34. The first-order chi connectivity index (χ1) is 6.93. The van der Waals surface area contributed by atoms with Crippen molar-refractivity contribution < 1.29 is 8.42 Å². The summed E-state index contributed by atoms with van der Waals surface area (Å²) in [5, 5.41) is 0. The van der Waals surface area contributed by atoms with Gasteiger partial charge in [0.2, 0.25) is 0 Å². The van der Waals surface area contributed by atoms with E-state index in [0.29, 0.717) is 11.5 Å². The first-order valence-corrected chi connectivity index (χ1v) is 7.06. The van der Waals surface area contributed by atoms with Gasteiger partial charge in [-0.05, 0) is 32.1 Å². The van der Waals surface area contributed by atoms with E-state index in [1.54, 1.807) is 0 Å². The van der Waals surface area contributed by atoms with Crippen molar-refractivity contribution in [3.8, 4) is 0 Å². The second-order valence-electron chi connectivity index (χ2n) is 4.53. The number of nitrogens with one attached hydrogen (secondary N) is 1. The molecule has 15 heavy (non-hydrogen) atoms. The van der Waals surface area contributed by atoms with Gasteiger partial charge in [0.25, 0.3) is 0 Å². The molecule has 88 valence electrons. The molecule has 2 atom stereocenters. The van der Waals surface area contributed by atoms with Gasteiger partial charge in [0.1, 0.15) is 0 Å². The van der Waals surface area contributed by atoms with Crippen LogP contribution in [0.25, 0.3) is 0 Å². The van der Waals surface area contributed by atoms with E-state index in [0.717, 1.165) is 24.8 Å². The number of rotatable bonds is 5. The molecule has 0 saturated carbocycles. The Labute approximate surface area is 91.8 Å². The van der Waals surface area contributed by atoms with Crippen molar-refractivity contribution in [2.45, 2.75) is 32.2 Å². The maximum atomic E-state index is 11.3. The first kappa shape index (κ1) is 12.7. The average molecular weight is 232 g/mol. The normalized spacial score (nSPS) is 26.4. The Bertz CT molecular complexity index is 324. The average Bonchev–Trinajstić information content (AvgIpc) is 2.43. The monoisotopic (exact) mass is 232 g/mol. The van der Waals surface area contributed by atoms with Crippen LogP contribution in [0.1, 0.15) is 26.2 Å². The zero-order chi connectivity index (χ0) is 11.5. The molecule has 0 aromatic rings. The lowest BCUT2D eigenvalue weighted by Crippen LogP contribution is -2.37. The molecule has 1 aliphatic rings. The molecule has 0 amide bonds. The highest BCUT2D eigenvalue weighted by Crippen LogP contribution is 2.24. The van der Waals surface area contributed by atoms with Gasteiger partial charge in [-0.1, -0.05) is 5.57 Å². The topological polar surface area (TPSA) is 72.2 Å². The minimum atomic E-state index is -2.77. The number of hydrogen-bond acceptors (Lipinski definition) is 4. The Hall–Kier alpha value is -0.390. The Morgan fingerprint density at radius 3 is 2.73 bits per heavy atom. The summed E-state index contributed by atoms with van der Waals surface area (Å²) < 4.78 is 22.5. The van der Waals surface area contributed by atoms with Gasteiger partial charge in [-0.2, -0.15) is 0 Å². The highest BCUT2D eigenvalue weighted by Gasteiger charge is 2.29. The van der Waals surface area contributed by atoms with Gasteiger partial charge in [0.15, 0.2) is 9.84 Å². The molecule has 1 rings (SSSR count). The van der Waals surface area contributed by atoms with E-state index in [1.807, 2.05) is 6.92 Å². The zero-order valence-electron chi connectivity index (χ0n) is 9.20. The SMILES string of the molecule is C=C(C)CC(CC1CCS(=O)(=O)C1)NN. The van der Waals surface area contributed by atoms with E-state index in [1.165, 1.54) is 0 Å². The molecule has 1 saturated heterocycles. The van der Waals surface area contributed by atoms with Crippen LogP contribution in [0.4, 0.5) is 0 Å². The second kappa shape index (κ2) is 5.09. The lowest BCUT2D eigenvalue weighted by Gasteiger charge is -2.18.